The molecule has 0 radical (unpaired) electrons. The number of fused-ring (bicyclic) bond motifs is 1. The number of tetrazole rings is 1. The molecule has 198 valence electrons. The molecule has 40 heavy (non-hydrogen) atoms. The Morgan fingerprint density at radius 3 is 2.38 bits per heavy atom. The van der Waals surface area contributed by atoms with E-state index in [-0.39, 0.29) is 0 Å². The third kappa shape index (κ3) is 5.66. The van der Waals surface area contributed by atoms with Crippen molar-refractivity contribution in [2.24, 2.45) is 5.92 Å². The van der Waals surface area contributed by atoms with Gasteiger partial charge < -0.3 is 10.2 Å². The summed E-state index contributed by atoms with van der Waals surface area (Å²) in [5, 5.41) is 19.3. The Morgan fingerprint density at radius 2 is 1.57 bits per heavy atom. The first-order valence-corrected chi connectivity index (χ1v) is 13.4. The van der Waals surface area contributed by atoms with E-state index in [9.17, 15) is 0 Å². The first-order valence-electron chi connectivity index (χ1n) is 13.4. The van der Waals surface area contributed by atoms with Gasteiger partial charge in [-0.3, -0.25) is 0 Å². The number of nitrogens with one attached hydrogen (secondary N) is 2. The molecule has 0 aliphatic rings. The Hall–Kier alpha value is -5.11. The van der Waals surface area contributed by atoms with Crippen molar-refractivity contribution in [3.63, 3.8) is 0 Å². The first-order chi connectivity index (χ1) is 19.6. The van der Waals surface area contributed by atoms with Crippen LogP contribution in [0.15, 0.2) is 103 Å². The zero-order chi connectivity index (χ0) is 27.3. The molecular formula is C32H30N8. The molecule has 8 heteroatoms. The number of aromatic amines is 1. The average molecular weight is 527 g/mol. The molecular weight excluding hydrogens is 496 g/mol. The van der Waals surface area contributed by atoms with Crippen molar-refractivity contribution in [2.45, 2.75) is 20.4 Å². The summed E-state index contributed by atoms with van der Waals surface area (Å²) >= 11 is 0. The minimum absolute atomic E-state index is 0.445. The van der Waals surface area contributed by atoms with E-state index in [4.69, 9.17) is 9.97 Å². The topological polar surface area (TPSA) is 95.5 Å². The average Bonchev–Trinajstić information content (AvgIpc) is 3.52. The van der Waals surface area contributed by atoms with Crippen molar-refractivity contribution in [3.8, 4) is 22.6 Å². The van der Waals surface area contributed by atoms with Crippen LogP contribution in [0.1, 0.15) is 19.4 Å². The van der Waals surface area contributed by atoms with Crippen LogP contribution in [-0.2, 0) is 6.54 Å². The molecule has 6 aromatic rings. The molecule has 3 heterocycles. The van der Waals surface area contributed by atoms with E-state index in [1.54, 1.807) is 0 Å². The predicted molar refractivity (Wildman–Crippen MR) is 160 cm³/mol. The SMILES string of the molecule is CC(C)CN(Cc1ccccc1)c1cc(Nc2ccc3ccccc3n2)cc(-c2ccccc2-c2nnn[nH]2)n1. The summed E-state index contributed by atoms with van der Waals surface area (Å²) in [6, 6.07) is 34.9. The van der Waals surface area contributed by atoms with Crippen molar-refractivity contribution >= 4 is 28.2 Å². The number of anilines is 3. The molecule has 0 spiro atoms. The molecule has 0 atom stereocenters. The van der Waals surface area contributed by atoms with E-state index < -0.39 is 0 Å². The quantitative estimate of drug-likeness (QED) is 0.212. The molecule has 6 rings (SSSR count). The Morgan fingerprint density at radius 1 is 0.800 bits per heavy atom. The molecule has 0 fully saturated rings. The fraction of sp³-hybridized carbons (Fsp3) is 0.156. The number of para-hydroxylation sites is 1. The van der Waals surface area contributed by atoms with Crippen LogP contribution in [0.5, 0.6) is 0 Å². The second-order valence-electron chi connectivity index (χ2n) is 10.2. The van der Waals surface area contributed by atoms with Gasteiger partial charge in [0.1, 0.15) is 11.6 Å². The highest BCUT2D eigenvalue weighted by molar-refractivity contribution is 5.83. The lowest BCUT2D eigenvalue weighted by Gasteiger charge is -2.27. The normalized spacial score (nSPS) is 11.2. The number of rotatable bonds is 9. The Kier molecular flexibility index (Phi) is 7.13. The van der Waals surface area contributed by atoms with Crippen LogP contribution in [0.2, 0.25) is 0 Å². The third-order valence-electron chi connectivity index (χ3n) is 6.61. The maximum Gasteiger partial charge on any atom is 0.180 e. The van der Waals surface area contributed by atoms with Gasteiger partial charge >= 0.3 is 0 Å². The number of benzene rings is 3. The zero-order valence-electron chi connectivity index (χ0n) is 22.5. The molecule has 0 saturated heterocycles. The second kappa shape index (κ2) is 11.3. The lowest BCUT2D eigenvalue weighted by molar-refractivity contribution is 0.605. The van der Waals surface area contributed by atoms with Crippen LogP contribution in [0.25, 0.3) is 33.5 Å². The van der Waals surface area contributed by atoms with E-state index in [1.165, 1.54) is 5.56 Å². The summed E-state index contributed by atoms with van der Waals surface area (Å²) < 4.78 is 0. The molecule has 3 aromatic heterocycles. The van der Waals surface area contributed by atoms with Gasteiger partial charge in [0.2, 0.25) is 0 Å². The third-order valence-corrected chi connectivity index (χ3v) is 6.61. The monoisotopic (exact) mass is 526 g/mol. The predicted octanol–water partition coefficient (Wildman–Crippen LogP) is 6.88. The van der Waals surface area contributed by atoms with Crippen LogP contribution < -0.4 is 10.2 Å². The highest BCUT2D eigenvalue weighted by Gasteiger charge is 2.17. The van der Waals surface area contributed by atoms with Gasteiger partial charge in [-0.1, -0.05) is 86.6 Å². The summed E-state index contributed by atoms with van der Waals surface area (Å²) in [5.74, 6) is 2.69. The molecule has 0 aliphatic carbocycles. The van der Waals surface area contributed by atoms with E-state index in [0.717, 1.165) is 58.1 Å². The molecule has 0 unspecified atom stereocenters. The van der Waals surface area contributed by atoms with Crippen molar-refractivity contribution in [2.75, 3.05) is 16.8 Å². The lowest BCUT2D eigenvalue weighted by atomic mass is 10.0. The highest BCUT2D eigenvalue weighted by atomic mass is 15.5. The van der Waals surface area contributed by atoms with E-state index in [2.05, 4.69) is 93.2 Å². The molecule has 0 amide bonds. The number of hydrogen-bond acceptors (Lipinski definition) is 7. The van der Waals surface area contributed by atoms with Crippen molar-refractivity contribution < 1.29 is 0 Å². The van der Waals surface area contributed by atoms with Crippen LogP contribution in [0.4, 0.5) is 17.3 Å². The van der Waals surface area contributed by atoms with Gasteiger partial charge in [0.05, 0.1) is 11.2 Å². The minimum atomic E-state index is 0.445. The minimum Gasteiger partial charge on any atom is -0.352 e. The number of nitrogens with zero attached hydrogens (tertiary/aromatic N) is 6. The van der Waals surface area contributed by atoms with Gasteiger partial charge in [-0.15, -0.1) is 5.10 Å². The fourth-order valence-corrected chi connectivity index (χ4v) is 4.84. The van der Waals surface area contributed by atoms with Crippen LogP contribution in [0, 0.1) is 5.92 Å². The summed E-state index contributed by atoms with van der Waals surface area (Å²) in [6.07, 6.45) is 0. The molecule has 0 aliphatic heterocycles. The molecule has 0 bridgehead atoms. The molecule has 0 saturated carbocycles. The van der Waals surface area contributed by atoms with Crippen molar-refractivity contribution in [1.82, 2.24) is 30.6 Å². The van der Waals surface area contributed by atoms with Crippen LogP contribution in [0.3, 0.4) is 0 Å². The number of aromatic nitrogens is 6. The zero-order valence-corrected chi connectivity index (χ0v) is 22.5. The molecule has 8 nitrogen and oxygen atoms in total. The number of H-pyrrole nitrogens is 1. The van der Waals surface area contributed by atoms with E-state index in [0.29, 0.717) is 11.7 Å². The van der Waals surface area contributed by atoms with Crippen molar-refractivity contribution in [1.29, 1.82) is 0 Å². The van der Waals surface area contributed by atoms with Gasteiger partial charge in [-0.2, -0.15) is 0 Å². The lowest BCUT2D eigenvalue weighted by Crippen LogP contribution is -2.28. The molecule has 2 N–H and O–H groups in total. The van der Waals surface area contributed by atoms with Crippen LogP contribution in [-0.4, -0.2) is 37.1 Å². The Balaban J connectivity index is 1.46. The van der Waals surface area contributed by atoms with Gasteiger partial charge in [0.25, 0.3) is 0 Å². The van der Waals surface area contributed by atoms with Gasteiger partial charge in [0, 0.05) is 41.4 Å². The van der Waals surface area contributed by atoms with Crippen molar-refractivity contribution in [3.05, 3.63) is 109 Å². The number of pyridine rings is 2. The summed E-state index contributed by atoms with van der Waals surface area (Å²) in [7, 11) is 0. The largest absolute Gasteiger partial charge is 0.352 e. The fourth-order valence-electron chi connectivity index (χ4n) is 4.84. The number of hydrogen-bond donors (Lipinski definition) is 2. The smallest absolute Gasteiger partial charge is 0.180 e. The van der Waals surface area contributed by atoms with Gasteiger partial charge in [-0.05, 0) is 46.2 Å². The van der Waals surface area contributed by atoms with E-state index in [1.807, 2.05) is 54.6 Å². The Bertz CT molecular complexity index is 1710. The molecule has 3 aromatic carbocycles. The maximum atomic E-state index is 5.20. The first kappa shape index (κ1) is 25.2. The van der Waals surface area contributed by atoms with E-state index >= 15 is 0 Å². The Labute approximate surface area is 233 Å². The van der Waals surface area contributed by atoms with Crippen LogP contribution >= 0.6 is 0 Å². The summed E-state index contributed by atoms with van der Waals surface area (Å²) in [4.78, 5) is 12.4. The summed E-state index contributed by atoms with van der Waals surface area (Å²) in [6.45, 7) is 6.06. The van der Waals surface area contributed by atoms with Gasteiger partial charge in [0.15, 0.2) is 5.82 Å². The van der Waals surface area contributed by atoms with Gasteiger partial charge in [-0.25, -0.2) is 15.1 Å². The second-order valence-corrected chi connectivity index (χ2v) is 10.2. The maximum absolute atomic E-state index is 5.20. The standard InChI is InChI=1S/C32H30N8/c1-22(2)20-40(21-23-10-4-3-5-11-23)31-19-25(33-30-17-16-24-12-6-9-15-28(24)34-30)18-29(35-31)26-13-7-8-14-27(26)32-36-38-39-37-32/h3-19,22H,20-21H2,1-2H3,(H,33,34,35)(H,36,37,38,39). The highest BCUT2D eigenvalue weighted by Crippen LogP contribution is 2.33. The summed E-state index contributed by atoms with van der Waals surface area (Å²) in [5.41, 5.74) is 5.70.